The van der Waals surface area contributed by atoms with Crippen LogP contribution in [0, 0.1) is 5.82 Å². The number of hydrogen-bond acceptors (Lipinski definition) is 9. The number of hydrogen-bond donors (Lipinski definition) is 0. The molecule has 1 aromatic carbocycles. The molecule has 1 aliphatic carbocycles. The van der Waals surface area contributed by atoms with Gasteiger partial charge in [0.2, 0.25) is 5.82 Å². The van der Waals surface area contributed by atoms with E-state index in [2.05, 4.69) is 42.3 Å². The molecule has 0 unspecified atom stereocenters. The predicted molar refractivity (Wildman–Crippen MR) is 144 cm³/mol. The van der Waals surface area contributed by atoms with Crippen molar-refractivity contribution in [3.63, 3.8) is 0 Å². The Kier molecular flexibility index (Phi) is 6.96. The lowest BCUT2D eigenvalue weighted by Crippen LogP contribution is -2.08. The van der Waals surface area contributed by atoms with Gasteiger partial charge in [-0.3, -0.25) is 4.79 Å². The molecule has 1 saturated carbocycles. The molecule has 0 amide bonds. The number of imidazole rings is 1. The van der Waals surface area contributed by atoms with Crippen LogP contribution in [0.2, 0.25) is 0 Å². The van der Waals surface area contributed by atoms with Crippen LogP contribution in [0.3, 0.4) is 0 Å². The fourth-order valence-corrected chi connectivity index (χ4v) is 4.77. The highest BCUT2D eigenvalue weighted by Gasteiger charge is 2.24. The number of carbonyl (C=O) groups excluding carboxylic acids is 2. The zero-order chi connectivity index (χ0) is 28.5. The first-order chi connectivity index (χ1) is 19.9. The minimum atomic E-state index is -0.680. The summed E-state index contributed by atoms with van der Waals surface area (Å²) < 4.78 is 28.7. The summed E-state index contributed by atoms with van der Waals surface area (Å²) in [7, 11) is 2.60. The highest BCUT2D eigenvalue weighted by Crippen LogP contribution is 2.40. The maximum absolute atomic E-state index is 15.3. The minimum absolute atomic E-state index is 0.0187. The topological polar surface area (TPSA) is 126 Å². The Hall–Kier alpha value is -5.00. The van der Waals surface area contributed by atoms with Crippen LogP contribution in [0.25, 0.3) is 16.8 Å². The Bertz CT molecular complexity index is 1760. The number of aromatic nitrogens is 7. The molecule has 208 valence electrons. The van der Waals surface area contributed by atoms with Crippen molar-refractivity contribution < 1.29 is 23.5 Å². The maximum Gasteiger partial charge on any atom is 0.376 e. The molecule has 1 fully saturated rings. The monoisotopic (exact) mass is 555 g/mol. The summed E-state index contributed by atoms with van der Waals surface area (Å²) in [6, 6.07) is 7.29. The lowest BCUT2D eigenvalue weighted by molar-refractivity contribution is 0.0586. The first kappa shape index (κ1) is 26.2. The summed E-state index contributed by atoms with van der Waals surface area (Å²) in [4.78, 5) is 37.4. The fraction of sp³-hybridized carbons (Fsp3) is 0.276. The van der Waals surface area contributed by atoms with Crippen LogP contribution in [0.1, 0.15) is 63.1 Å². The van der Waals surface area contributed by atoms with Gasteiger partial charge in [0.25, 0.3) is 0 Å². The molecule has 12 heteroatoms. The van der Waals surface area contributed by atoms with Crippen molar-refractivity contribution in [1.82, 2.24) is 34.3 Å². The zero-order valence-corrected chi connectivity index (χ0v) is 22.5. The third-order valence-corrected chi connectivity index (χ3v) is 7.08. The highest BCUT2D eigenvalue weighted by atomic mass is 19.1. The van der Waals surface area contributed by atoms with Crippen molar-refractivity contribution in [3.8, 4) is 16.9 Å². The van der Waals surface area contributed by atoms with Gasteiger partial charge in [-0.15, -0.1) is 5.10 Å². The number of ether oxygens (including phenoxy) is 2. The summed E-state index contributed by atoms with van der Waals surface area (Å²) in [6.07, 6.45) is 11.0. The van der Waals surface area contributed by atoms with Gasteiger partial charge in [-0.25, -0.2) is 28.8 Å². The number of halogens is 1. The van der Waals surface area contributed by atoms with Gasteiger partial charge in [0.05, 0.1) is 32.7 Å². The van der Waals surface area contributed by atoms with Crippen molar-refractivity contribution >= 4 is 17.4 Å². The van der Waals surface area contributed by atoms with E-state index >= 15 is 4.39 Å². The molecule has 4 heterocycles. The Morgan fingerprint density at radius 3 is 2.59 bits per heavy atom. The predicted octanol–water partition coefficient (Wildman–Crippen LogP) is 4.06. The first-order valence-electron chi connectivity index (χ1n) is 13.1. The molecular formula is C29H26FN7O4. The first-order valence-corrected chi connectivity index (χ1v) is 13.1. The van der Waals surface area contributed by atoms with Crippen molar-refractivity contribution in [2.45, 2.75) is 38.1 Å². The smallest absolute Gasteiger partial charge is 0.376 e. The van der Waals surface area contributed by atoms with E-state index in [1.807, 2.05) is 16.7 Å². The SMILES string of the molecule is COC(=O)c1ncc(-c2ccc(OC)c(F)c2CCC(=O)c2cn(Cc3cn4cc(C5CC5)ccc4n3)nn2)cn1. The summed E-state index contributed by atoms with van der Waals surface area (Å²) >= 11 is 0. The number of esters is 1. The molecular weight excluding hydrogens is 529 g/mol. The van der Waals surface area contributed by atoms with Crippen LogP contribution in [-0.4, -0.2) is 60.3 Å². The molecule has 5 aromatic rings. The van der Waals surface area contributed by atoms with Crippen LogP contribution in [-0.2, 0) is 17.7 Å². The Morgan fingerprint density at radius 2 is 1.85 bits per heavy atom. The van der Waals surface area contributed by atoms with Gasteiger partial charge in [0, 0.05) is 42.3 Å². The van der Waals surface area contributed by atoms with E-state index in [0.29, 0.717) is 23.6 Å². The standard InChI is InChI=1S/C29H26FN7O4/c1-40-25-9-7-21(19-11-31-28(32-12-19)29(39)41-2)22(27(25)30)6-8-24(38)23-16-37(35-34-23)15-20-14-36-13-18(17-3-4-17)5-10-26(36)33-20/h5,7,9-14,16-17H,3-4,6,8,15H2,1-2H3. The molecule has 6 rings (SSSR count). The molecule has 11 nitrogen and oxygen atoms in total. The van der Waals surface area contributed by atoms with Gasteiger partial charge in [0.1, 0.15) is 11.3 Å². The minimum Gasteiger partial charge on any atom is -0.494 e. The second-order valence-corrected chi connectivity index (χ2v) is 9.85. The van der Waals surface area contributed by atoms with E-state index in [1.165, 1.54) is 51.1 Å². The van der Waals surface area contributed by atoms with E-state index in [0.717, 1.165) is 11.3 Å². The molecule has 4 aromatic heterocycles. The summed E-state index contributed by atoms with van der Waals surface area (Å²) in [5.74, 6) is -0.972. The number of ketones is 1. The Labute approximate surface area is 234 Å². The Morgan fingerprint density at radius 1 is 1.05 bits per heavy atom. The lowest BCUT2D eigenvalue weighted by Gasteiger charge is -2.13. The number of carbonyl (C=O) groups is 2. The highest BCUT2D eigenvalue weighted by molar-refractivity contribution is 5.94. The number of rotatable bonds is 10. The molecule has 0 atom stereocenters. The van der Waals surface area contributed by atoms with Gasteiger partial charge in [0.15, 0.2) is 17.3 Å². The largest absolute Gasteiger partial charge is 0.494 e. The quantitative estimate of drug-likeness (QED) is 0.185. The number of pyridine rings is 1. The number of methoxy groups -OCH3 is 2. The van der Waals surface area contributed by atoms with Crippen LogP contribution in [0.15, 0.2) is 55.2 Å². The van der Waals surface area contributed by atoms with Crippen LogP contribution < -0.4 is 4.74 Å². The molecule has 1 aliphatic rings. The van der Waals surface area contributed by atoms with E-state index < -0.39 is 11.8 Å². The second-order valence-electron chi connectivity index (χ2n) is 9.85. The summed E-state index contributed by atoms with van der Waals surface area (Å²) in [5, 5.41) is 8.14. The van der Waals surface area contributed by atoms with Crippen molar-refractivity contribution in [2.24, 2.45) is 0 Å². The molecule has 41 heavy (non-hydrogen) atoms. The fourth-order valence-electron chi connectivity index (χ4n) is 4.77. The number of benzene rings is 1. The third kappa shape index (κ3) is 5.40. The van der Waals surface area contributed by atoms with E-state index in [1.54, 1.807) is 16.9 Å². The molecule has 0 radical (unpaired) electrons. The molecule has 0 N–H and O–H groups in total. The van der Waals surface area contributed by atoms with Crippen molar-refractivity contribution in [3.05, 3.63) is 89.4 Å². The van der Waals surface area contributed by atoms with Gasteiger partial charge in [-0.2, -0.15) is 0 Å². The Balaban J connectivity index is 1.17. The normalized spacial score (nSPS) is 13.0. The summed E-state index contributed by atoms with van der Waals surface area (Å²) in [6.45, 7) is 0.358. The zero-order valence-electron chi connectivity index (χ0n) is 22.5. The van der Waals surface area contributed by atoms with E-state index in [9.17, 15) is 9.59 Å². The van der Waals surface area contributed by atoms with E-state index in [4.69, 9.17) is 4.74 Å². The molecule has 0 spiro atoms. The van der Waals surface area contributed by atoms with Gasteiger partial charge in [-0.05, 0) is 48.4 Å². The number of fused-ring (bicyclic) bond motifs is 1. The van der Waals surface area contributed by atoms with Crippen LogP contribution in [0.5, 0.6) is 5.75 Å². The average Bonchev–Trinajstić information content (AvgIpc) is 3.61. The number of nitrogens with zero attached hydrogens (tertiary/aromatic N) is 7. The van der Waals surface area contributed by atoms with Gasteiger partial charge in [-0.1, -0.05) is 17.3 Å². The molecule has 0 aliphatic heterocycles. The van der Waals surface area contributed by atoms with Crippen molar-refractivity contribution in [1.29, 1.82) is 0 Å². The number of Topliss-reactive ketones (excluding diaryl/α,β-unsaturated/α-hetero) is 1. The van der Waals surface area contributed by atoms with Crippen LogP contribution >= 0.6 is 0 Å². The molecule has 0 bridgehead atoms. The summed E-state index contributed by atoms with van der Waals surface area (Å²) in [5.41, 5.74) is 4.36. The van der Waals surface area contributed by atoms with Crippen LogP contribution in [0.4, 0.5) is 4.39 Å². The van der Waals surface area contributed by atoms with Gasteiger partial charge < -0.3 is 13.9 Å². The maximum atomic E-state index is 15.3. The third-order valence-electron chi connectivity index (χ3n) is 7.08. The van der Waals surface area contributed by atoms with E-state index in [-0.39, 0.29) is 41.5 Å². The lowest BCUT2D eigenvalue weighted by atomic mass is 9.96. The average molecular weight is 556 g/mol. The second kappa shape index (κ2) is 10.9. The van der Waals surface area contributed by atoms with Gasteiger partial charge >= 0.3 is 5.97 Å². The van der Waals surface area contributed by atoms with Crippen molar-refractivity contribution in [2.75, 3.05) is 14.2 Å². The molecule has 0 saturated heterocycles.